The molecular formula is C19H23NO3. The lowest BCUT2D eigenvalue weighted by atomic mass is 10.2. The highest BCUT2D eigenvalue weighted by Crippen LogP contribution is 2.20. The maximum absolute atomic E-state index is 12.0. The summed E-state index contributed by atoms with van der Waals surface area (Å²) in [5.74, 6) is 0.933. The highest BCUT2D eigenvalue weighted by Gasteiger charge is 2.10. The van der Waals surface area contributed by atoms with Crippen LogP contribution in [0.3, 0.4) is 0 Å². The molecule has 0 radical (unpaired) electrons. The average molecular weight is 313 g/mol. The fourth-order valence-corrected chi connectivity index (χ4v) is 2.37. The van der Waals surface area contributed by atoms with Gasteiger partial charge in [0.05, 0.1) is 13.5 Å². The van der Waals surface area contributed by atoms with Gasteiger partial charge in [0.1, 0.15) is 11.5 Å². The van der Waals surface area contributed by atoms with E-state index in [0.29, 0.717) is 24.5 Å². The zero-order valence-corrected chi connectivity index (χ0v) is 13.9. The Bertz CT molecular complexity index is 655. The molecule has 0 aromatic heterocycles. The third-order valence-electron chi connectivity index (χ3n) is 3.61. The summed E-state index contributed by atoms with van der Waals surface area (Å²) < 4.78 is 10.5. The minimum absolute atomic E-state index is 0.246. The van der Waals surface area contributed by atoms with E-state index in [9.17, 15) is 4.79 Å². The van der Waals surface area contributed by atoms with Crippen LogP contribution < -0.4 is 14.4 Å². The number of ether oxygens (including phenoxy) is 2. The van der Waals surface area contributed by atoms with Crippen LogP contribution >= 0.6 is 0 Å². The molecule has 4 heteroatoms. The smallest absolute Gasteiger partial charge is 0.312 e. The van der Waals surface area contributed by atoms with Crippen molar-refractivity contribution in [2.24, 2.45) is 0 Å². The minimum atomic E-state index is -0.246. The summed E-state index contributed by atoms with van der Waals surface area (Å²) in [6, 6.07) is 15.3. The van der Waals surface area contributed by atoms with Crippen LogP contribution in [-0.4, -0.2) is 26.2 Å². The molecule has 0 bridgehead atoms. The molecule has 0 aliphatic rings. The number of hydrogen-bond acceptors (Lipinski definition) is 4. The van der Waals surface area contributed by atoms with E-state index in [2.05, 4.69) is 36.9 Å². The largest absolute Gasteiger partial charge is 0.497 e. The Balaban J connectivity index is 1.92. The molecule has 0 atom stereocenters. The molecule has 0 saturated heterocycles. The molecule has 122 valence electrons. The molecule has 0 amide bonds. The van der Waals surface area contributed by atoms with Crippen molar-refractivity contribution < 1.29 is 14.3 Å². The number of nitrogens with zero attached hydrogens (tertiary/aromatic N) is 1. The summed E-state index contributed by atoms with van der Waals surface area (Å²) in [7, 11) is 1.59. The fraction of sp³-hybridized carbons (Fsp3) is 0.316. The van der Waals surface area contributed by atoms with Gasteiger partial charge in [0.25, 0.3) is 0 Å². The first kappa shape index (κ1) is 16.9. The molecule has 2 aromatic carbocycles. The van der Waals surface area contributed by atoms with E-state index < -0.39 is 0 Å². The SMILES string of the molecule is CCN(CCC(=O)Oc1cccc(OC)c1)c1cccc(C)c1. The first-order valence-electron chi connectivity index (χ1n) is 7.78. The standard InChI is InChI=1S/C19H23NO3/c1-4-20(16-8-5-7-15(2)13-16)12-11-19(21)23-18-10-6-9-17(14-18)22-3/h5-10,13-14H,4,11-12H2,1-3H3. The summed E-state index contributed by atoms with van der Waals surface area (Å²) in [6.45, 7) is 5.61. The molecule has 23 heavy (non-hydrogen) atoms. The van der Waals surface area contributed by atoms with Gasteiger partial charge in [-0.05, 0) is 43.7 Å². The van der Waals surface area contributed by atoms with Crippen LogP contribution in [0.1, 0.15) is 18.9 Å². The summed E-state index contributed by atoms with van der Waals surface area (Å²) in [5.41, 5.74) is 2.33. The van der Waals surface area contributed by atoms with Crippen molar-refractivity contribution >= 4 is 11.7 Å². The maximum Gasteiger partial charge on any atom is 0.312 e. The molecule has 0 unspecified atom stereocenters. The van der Waals surface area contributed by atoms with Crippen LogP contribution in [0, 0.1) is 6.92 Å². The Morgan fingerprint density at radius 2 is 1.83 bits per heavy atom. The van der Waals surface area contributed by atoms with Crippen LogP contribution in [0.2, 0.25) is 0 Å². The van der Waals surface area contributed by atoms with Gasteiger partial charge in [-0.25, -0.2) is 0 Å². The van der Waals surface area contributed by atoms with Gasteiger partial charge in [0.2, 0.25) is 0 Å². The molecule has 0 saturated carbocycles. The number of aryl methyl sites for hydroxylation is 1. The van der Waals surface area contributed by atoms with E-state index in [1.54, 1.807) is 25.3 Å². The van der Waals surface area contributed by atoms with Crippen LogP contribution in [0.4, 0.5) is 5.69 Å². The van der Waals surface area contributed by atoms with Crippen LogP contribution in [0.25, 0.3) is 0 Å². The lowest BCUT2D eigenvalue weighted by Gasteiger charge is -2.23. The summed E-state index contributed by atoms with van der Waals surface area (Å²) in [6.07, 6.45) is 0.332. The number of anilines is 1. The summed E-state index contributed by atoms with van der Waals surface area (Å²) in [4.78, 5) is 14.2. The van der Waals surface area contributed by atoms with E-state index in [-0.39, 0.29) is 5.97 Å². The van der Waals surface area contributed by atoms with Crippen LogP contribution in [0.15, 0.2) is 48.5 Å². The first-order valence-corrected chi connectivity index (χ1v) is 7.78. The van der Waals surface area contributed by atoms with E-state index >= 15 is 0 Å². The molecule has 0 spiro atoms. The number of esters is 1. The third kappa shape index (κ3) is 5.02. The van der Waals surface area contributed by atoms with E-state index in [0.717, 1.165) is 12.2 Å². The summed E-state index contributed by atoms with van der Waals surface area (Å²) >= 11 is 0. The predicted octanol–water partition coefficient (Wildman–Crippen LogP) is 3.83. The lowest BCUT2D eigenvalue weighted by molar-refractivity contribution is -0.134. The van der Waals surface area contributed by atoms with Crippen molar-refractivity contribution in [2.45, 2.75) is 20.3 Å². The van der Waals surface area contributed by atoms with Gasteiger partial charge >= 0.3 is 5.97 Å². The van der Waals surface area contributed by atoms with Gasteiger partial charge in [0.15, 0.2) is 0 Å². The Morgan fingerprint density at radius 3 is 2.52 bits per heavy atom. The van der Waals surface area contributed by atoms with Crippen molar-refractivity contribution in [3.05, 3.63) is 54.1 Å². The van der Waals surface area contributed by atoms with Gasteiger partial charge in [-0.2, -0.15) is 0 Å². The number of methoxy groups -OCH3 is 1. The van der Waals surface area contributed by atoms with Gasteiger partial charge in [-0.3, -0.25) is 4.79 Å². The Labute approximate surface area is 137 Å². The monoisotopic (exact) mass is 313 g/mol. The third-order valence-corrected chi connectivity index (χ3v) is 3.61. The fourth-order valence-electron chi connectivity index (χ4n) is 2.37. The molecule has 0 aliphatic heterocycles. The second-order valence-electron chi connectivity index (χ2n) is 5.32. The topological polar surface area (TPSA) is 38.8 Å². The number of benzene rings is 2. The normalized spacial score (nSPS) is 10.2. The Hall–Kier alpha value is -2.49. The van der Waals surface area contributed by atoms with Crippen LogP contribution in [-0.2, 0) is 4.79 Å². The van der Waals surface area contributed by atoms with Crippen molar-refractivity contribution in [1.29, 1.82) is 0 Å². The van der Waals surface area contributed by atoms with E-state index in [1.807, 2.05) is 12.1 Å². The molecule has 0 heterocycles. The van der Waals surface area contributed by atoms with Gasteiger partial charge in [-0.15, -0.1) is 0 Å². The molecule has 2 aromatic rings. The first-order chi connectivity index (χ1) is 11.1. The van der Waals surface area contributed by atoms with Crippen molar-refractivity contribution in [1.82, 2.24) is 0 Å². The second-order valence-corrected chi connectivity index (χ2v) is 5.32. The molecule has 4 nitrogen and oxygen atoms in total. The zero-order valence-electron chi connectivity index (χ0n) is 13.9. The molecule has 0 aliphatic carbocycles. The molecule has 0 fully saturated rings. The van der Waals surface area contributed by atoms with Crippen molar-refractivity contribution in [2.75, 3.05) is 25.1 Å². The Morgan fingerprint density at radius 1 is 1.09 bits per heavy atom. The van der Waals surface area contributed by atoms with Crippen LogP contribution in [0.5, 0.6) is 11.5 Å². The highest BCUT2D eigenvalue weighted by atomic mass is 16.5. The summed E-state index contributed by atoms with van der Waals surface area (Å²) in [5, 5.41) is 0. The van der Waals surface area contributed by atoms with E-state index in [1.165, 1.54) is 5.56 Å². The van der Waals surface area contributed by atoms with Gasteiger partial charge in [-0.1, -0.05) is 18.2 Å². The van der Waals surface area contributed by atoms with Gasteiger partial charge < -0.3 is 14.4 Å². The van der Waals surface area contributed by atoms with Crippen molar-refractivity contribution in [3.63, 3.8) is 0 Å². The average Bonchev–Trinajstić information content (AvgIpc) is 2.55. The lowest BCUT2D eigenvalue weighted by Crippen LogP contribution is -2.27. The number of carbonyl (C=O) groups is 1. The zero-order chi connectivity index (χ0) is 16.7. The molecular weight excluding hydrogens is 290 g/mol. The molecule has 0 N–H and O–H groups in total. The van der Waals surface area contributed by atoms with Crippen molar-refractivity contribution in [3.8, 4) is 11.5 Å². The number of rotatable bonds is 7. The number of carbonyl (C=O) groups excluding carboxylic acids is 1. The maximum atomic E-state index is 12.0. The van der Waals surface area contributed by atoms with Gasteiger partial charge in [0, 0.05) is 24.8 Å². The Kier molecular flexibility index (Phi) is 6.03. The minimum Gasteiger partial charge on any atom is -0.497 e. The predicted molar refractivity (Wildman–Crippen MR) is 92.3 cm³/mol. The van der Waals surface area contributed by atoms with E-state index in [4.69, 9.17) is 9.47 Å². The molecule has 2 rings (SSSR count). The highest BCUT2D eigenvalue weighted by molar-refractivity contribution is 5.73. The second kappa shape index (κ2) is 8.22. The quantitative estimate of drug-likeness (QED) is 0.575. The number of hydrogen-bond donors (Lipinski definition) is 0.